The van der Waals surface area contributed by atoms with E-state index in [9.17, 15) is 14.4 Å². The Labute approximate surface area is 506 Å². The molecule has 0 N–H and O–H groups in total. The van der Waals surface area contributed by atoms with Gasteiger partial charge in [-0.1, -0.05) is 373 Å². The van der Waals surface area contributed by atoms with Gasteiger partial charge in [-0.05, 0) is 51.4 Å². The van der Waals surface area contributed by atoms with E-state index in [1.807, 2.05) is 0 Å². The highest BCUT2D eigenvalue weighted by atomic mass is 16.6. The largest absolute Gasteiger partial charge is 0.462 e. The Morgan fingerprint density at radius 2 is 0.444 bits per heavy atom. The first kappa shape index (κ1) is 78.9. The Bertz CT molecular complexity index is 1310. The summed E-state index contributed by atoms with van der Waals surface area (Å²) < 4.78 is 17.0. The van der Waals surface area contributed by atoms with Gasteiger partial charge in [-0.15, -0.1) is 0 Å². The summed E-state index contributed by atoms with van der Waals surface area (Å²) in [5.74, 6) is -0.829. The van der Waals surface area contributed by atoms with Crippen LogP contribution in [0.1, 0.15) is 419 Å². The average Bonchev–Trinajstić information content (AvgIpc) is 3.47. The topological polar surface area (TPSA) is 78.9 Å². The molecule has 0 aliphatic carbocycles. The highest BCUT2D eigenvalue weighted by molar-refractivity contribution is 5.71. The molecule has 6 heteroatoms. The number of carbonyl (C=O) groups is 3. The SMILES string of the molecule is CCCCCCC/C=C\C/C=C\CCCCCCCCCCCCCC(=O)OCC(COC(=O)CCCCCCCCCCCCCCCCCCCCC)OC(=O)CCCCCCCCCCCCCCCCCCCCCCC. The van der Waals surface area contributed by atoms with Crippen LogP contribution in [0.2, 0.25) is 0 Å². The number of ether oxygens (including phenoxy) is 3. The normalized spacial score (nSPS) is 12.1. The molecule has 0 rings (SSSR count). The zero-order chi connectivity index (χ0) is 58.5. The summed E-state index contributed by atoms with van der Waals surface area (Å²) in [6.07, 6.45) is 86.3. The number of esters is 3. The third kappa shape index (κ3) is 68.6. The van der Waals surface area contributed by atoms with E-state index in [0.29, 0.717) is 19.3 Å². The molecule has 0 saturated heterocycles. The van der Waals surface area contributed by atoms with E-state index in [2.05, 4.69) is 45.1 Å². The van der Waals surface area contributed by atoms with Crippen molar-refractivity contribution in [3.63, 3.8) is 0 Å². The van der Waals surface area contributed by atoms with Crippen LogP contribution in [-0.2, 0) is 28.6 Å². The van der Waals surface area contributed by atoms with Crippen LogP contribution >= 0.6 is 0 Å². The standard InChI is InChI=1S/C75H142O6/c1-4-7-10-13-16-19-22-25-28-31-34-36-37-39-41-44-47-50-53-56-59-62-65-68-74(77)80-71-72(70-79-73(76)67-64-61-58-55-52-49-46-43-40-33-30-27-24-21-18-15-12-9-6-3)81-75(78)69-66-63-60-57-54-51-48-45-42-38-35-32-29-26-23-20-17-14-11-8-5-2/h22,25,31,34,72H,4-21,23-24,26-30,32-33,35-71H2,1-3H3/b25-22-,34-31-. The molecule has 478 valence electrons. The second-order valence-corrected chi connectivity index (χ2v) is 25.2. The molecule has 0 amide bonds. The van der Waals surface area contributed by atoms with Crippen LogP contribution < -0.4 is 0 Å². The molecule has 0 heterocycles. The summed E-state index contributed by atoms with van der Waals surface area (Å²) in [7, 11) is 0. The van der Waals surface area contributed by atoms with E-state index in [0.717, 1.165) is 64.2 Å². The lowest BCUT2D eigenvalue weighted by Crippen LogP contribution is -2.30. The summed E-state index contributed by atoms with van der Waals surface area (Å²) in [6, 6.07) is 0. The number of rotatable bonds is 69. The molecule has 0 aromatic rings. The maximum Gasteiger partial charge on any atom is 0.306 e. The minimum Gasteiger partial charge on any atom is -0.462 e. The van der Waals surface area contributed by atoms with Crippen molar-refractivity contribution in [3.05, 3.63) is 24.3 Å². The van der Waals surface area contributed by atoms with E-state index < -0.39 is 6.10 Å². The number of hydrogen-bond acceptors (Lipinski definition) is 6. The molecule has 6 nitrogen and oxygen atoms in total. The van der Waals surface area contributed by atoms with Gasteiger partial charge in [0.25, 0.3) is 0 Å². The van der Waals surface area contributed by atoms with Crippen LogP contribution in [0.4, 0.5) is 0 Å². The molecule has 1 atom stereocenters. The number of allylic oxidation sites excluding steroid dienone is 4. The van der Waals surface area contributed by atoms with Crippen molar-refractivity contribution in [3.8, 4) is 0 Å². The van der Waals surface area contributed by atoms with Gasteiger partial charge >= 0.3 is 17.9 Å². The molecule has 0 spiro atoms. The van der Waals surface area contributed by atoms with Gasteiger partial charge in [0.1, 0.15) is 13.2 Å². The summed E-state index contributed by atoms with van der Waals surface area (Å²) >= 11 is 0. The fourth-order valence-electron chi connectivity index (χ4n) is 11.4. The lowest BCUT2D eigenvalue weighted by atomic mass is 10.0. The molecule has 0 aromatic carbocycles. The summed E-state index contributed by atoms with van der Waals surface area (Å²) in [6.45, 7) is 6.73. The maximum absolute atomic E-state index is 13.0. The fourth-order valence-corrected chi connectivity index (χ4v) is 11.4. The quantitative estimate of drug-likeness (QED) is 0.0261. The van der Waals surface area contributed by atoms with Gasteiger partial charge < -0.3 is 14.2 Å². The molecule has 0 radical (unpaired) electrons. The van der Waals surface area contributed by atoms with E-state index in [1.54, 1.807) is 0 Å². The van der Waals surface area contributed by atoms with Gasteiger partial charge in [0.15, 0.2) is 6.10 Å². The zero-order valence-electron chi connectivity index (χ0n) is 55.1. The number of unbranched alkanes of at least 4 members (excludes halogenated alkanes) is 54. The van der Waals surface area contributed by atoms with Crippen LogP contribution in [-0.4, -0.2) is 37.2 Å². The lowest BCUT2D eigenvalue weighted by Gasteiger charge is -2.18. The Morgan fingerprint density at radius 1 is 0.247 bits per heavy atom. The van der Waals surface area contributed by atoms with E-state index in [-0.39, 0.29) is 31.1 Å². The third-order valence-electron chi connectivity index (χ3n) is 17.0. The Kier molecular flexibility index (Phi) is 68.5. The number of carbonyl (C=O) groups excluding carboxylic acids is 3. The maximum atomic E-state index is 13.0. The molecule has 1 unspecified atom stereocenters. The predicted molar refractivity (Wildman–Crippen MR) is 353 cm³/mol. The van der Waals surface area contributed by atoms with Gasteiger partial charge in [-0.25, -0.2) is 0 Å². The monoisotopic (exact) mass is 1140 g/mol. The molecule has 0 saturated carbocycles. The minimum absolute atomic E-state index is 0.0644. The Hall–Kier alpha value is -2.11. The minimum atomic E-state index is -0.769. The van der Waals surface area contributed by atoms with Gasteiger partial charge in [0.2, 0.25) is 0 Å². The zero-order valence-corrected chi connectivity index (χ0v) is 55.1. The summed E-state index contributed by atoms with van der Waals surface area (Å²) in [4.78, 5) is 38.5. The highest BCUT2D eigenvalue weighted by Crippen LogP contribution is 2.19. The van der Waals surface area contributed by atoms with E-state index in [4.69, 9.17) is 14.2 Å². The smallest absolute Gasteiger partial charge is 0.306 e. The van der Waals surface area contributed by atoms with Crippen molar-refractivity contribution < 1.29 is 28.6 Å². The highest BCUT2D eigenvalue weighted by Gasteiger charge is 2.20. The molecule has 0 aromatic heterocycles. The first-order valence-electron chi connectivity index (χ1n) is 36.8. The Morgan fingerprint density at radius 3 is 0.679 bits per heavy atom. The van der Waals surface area contributed by atoms with Crippen molar-refractivity contribution in [1.29, 1.82) is 0 Å². The molecule has 0 fully saturated rings. The second kappa shape index (κ2) is 70.4. The Balaban J connectivity index is 4.29. The third-order valence-corrected chi connectivity index (χ3v) is 17.0. The first-order chi connectivity index (χ1) is 40.0. The van der Waals surface area contributed by atoms with Crippen molar-refractivity contribution in [1.82, 2.24) is 0 Å². The van der Waals surface area contributed by atoms with Crippen molar-refractivity contribution >= 4 is 17.9 Å². The molecule has 0 aliphatic rings. The number of hydrogen-bond donors (Lipinski definition) is 0. The predicted octanol–water partition coefficient (Wildman–Crippen LogP) is 25.3. The molecular weight excluding hydrogens is 997 g/mol. The van der Waals surface area contributed by atoms with Gasteiger partial charge in [-0.3, -0.25) is 14.4 Å². The lowest BCUT2D eigenvalue weighted by molar-refractivity contribution is -0.167. The van der Waals surface area contributed by atoms with Crippen LogP contribution in [0.5, 0.6) is 0 Å². The summed E-state index contributed by atoms with van der Waals surface area (Å²) in [5.41, 5.74) is 0. The molecule has 81 heavy (non-hydrogen) atoms. The molecular formula is C75H142O6. The first-order valence-corrected chi connectivity index (χ1v) is 36.8. The molecule has 0 bridgehead atoms. The van der Waals surface area contributed by atoms with E-state index in [1.165, 1.54) is 315 Å². The average molecular weight is 1140 g/mol. The van der Waals surface area contributed by atoms with Crippen molar-refractivity contribution in [2.45, 2.75) is 425 Å². The van der Waals surface area contributed by atoms with Crippen molar-refractivity contribution in [2.24, 2.45) is 0 Å². The molecule has 0 aliphatic heterocycles. The summed E-state index contributed by atoms with van der Waals surface area (Å²) in [5, 5.41) is 0. The van der Waals surface area contributed by atoms with Crippen LogP contribution in [0.3, 0.4) is 0 Å². The second-order valence-electron chi connectivity index (χ2n) is 25.2. The van der Waals surface area contributed by atoms with Crippen LogP contribution in [0, 0.1) is 0 Å². The van der Waals surface area contributed by atoms with Crippen LogP contribution in [0.25, 0.3) is 0 Å². The van der Waals surface area contributed by atoms with Crippen molar-refractivity contribution in [2.75, 3.05) is 13.2 Å². The van der Waals surface area contributed by atoms with Gasteiger partial charge in [0.05, 0.1) is 0 Å². The van der Waals surface area contributed by atoms with Gasteiger partial charge in [0, 0.05) is 19.3 Å². The fraction of sp³-hybridized carbons (Fsp3) is 0.907. The van der Waals surface area contributed by atoms with E-state index >= 15 is 0 Å². The van der Waals surface area contributed by atoms with Gasteiger partial charge in [-0.2, -0.15) is 0 Å². The van der Waals surface area contributed by atoms with Crippen LogP contribution in [0.15, 0.2) is 24.3 Å².